The smallest absolute Gasteiger partial charge is 0.306 e. The van der Waals surface area contributed by atoms with Gasteiger partial charge in [0.1, 0.15) is 16.3 Å². The fourth-order valence-electron chi connectivity index (χ4n) is 2.28. The van der Waals surface area contributed by atoms with Crippen LogP contribution in [0.2, 0.25) is 0 Å². The van der Waals surface area contributed by atoms with Gasteiger partial charge in [-0.05, 0) is 24.3 Å². The number of nitrogens with zero attached hydrogens (tertiary/aromatic N) is 3. The second-order valence-electron chi connectivity index (χ2n) is 5.22. The van der Waals surface area contributed by atoms with E-state index < -0.39 is 17.6 Å². The fourth-order valence-corrected chi connectivity index (χ4v) is 3.96. The van der Waals surface area contributed by atoms with Crippen LogP contribution in [-0.4, -0.2) is 15.2 Å². The molecule has 0 saturated carbocycles. The van der Waals surface area contributed by atoms with Crippen LogP contribution in [0.15, 0.2) is 42.5 Å². The van der Waals surface area contributed by atoms with E-state index in [1.807, 2.05) is 0 Å². The van der Waals surface area contributed by atoms with E-state index in [0.29, 0.717) is 25.5 Å². The lowest BCUT2D eigenvalue weighted by molar-refractivity contribution is -0.137. The highest BCUT2D eigenvalue weighted by atomic mass is 32.1. The lowest BCUT2D eigenvalue weighted by Crippen LogP contribution is -2.04. The van der Waals surface area contributed by atoms with Crippen molar-refractivity contribution in [1.82, 2.24) is 15.2 Å². The minimum atomic E-state index is -4.42. The van der Waals surface area contributed by atoms with E-state index in [0.717, 1.165) is 23.5 Å². The molecule has 0 spiro atoms. The fraction of sp³-hybridized carbons (Fsp3) is 0.0625. The topological polar surface area (TPSA) is 50.7 Å². The molecular formula is C16H8F4N4S2. The van der Waals surface area contributed by atoms with E-state index >= 15 is 0 Å². The van der Waals surface area contributed by atoms with Crippen molar-refractivity contribution in [2.24, 2.45) is 0 Å². The van der Waals surface area contributed by atoms with Gasteiger partial charge in [-0.15, -0.1) is 10.2 Å². The number of anilines is 2. The molecule has 0 saturated heterocycles. The van der Waals surface area contributed by atoms with E-state index in [9.17, 15) is 17.6 Å². The van der Waals surface area contributed by atoms with Gasteiger partial charge in [0.2, 0.25) is 5.13 Å². The summed E-state index contributed by atoms with van der Waals surface area (Å²) in [5.41, 5.74) is -0.176. The summed E-state index contributed by atoms with van der Waals surface area (Å²) < 4.78 is 52.9. The molecule has 2 aromatic heterocycles. The van der Waals surface area contributed by atoms with Crippen molar-refractivity contribution in [1.29, 1.82) is 0 Å². The molecule has 0 aliphatic rings. The first-order chi connectivity index (χ1) is 12.4. The van der Waals surface area contributed by atoms with E-state index in [-0.39, 0.29) is 5.52 Å². The summed E-state index contributed by atoms with van der Waals surface area (Å²) in [6, 6.07) is 9.54. The Hall–Kier alpha value is -2.59. The van der Waals surface area contributed by atoms with Gasteiger partial charge in [-0.1, -0.05) is 40.9 Å². The highest BCUT2D eigenvalue weighted by Gasteiger charge is 2.30. The van der Waals surface area contributed by atoms with Gasteiger partial charge in [0.15, 0.2) is 5.13 Å². The Morgan fingerprint density at radius 3 is 2.50 bits per heavy atom. The zero-order valence-corrected chi connectivity index (χ0v) is 14.3. The molecule has 0 aliphatic carbocycles. The average Bonchev–Trinajstić information content (AvgIpc) is 3.22. The SMILES string of the molecule is Fc1cccc2sc(Nc3nnc(-c4cccc(C(F)(F)F)c4)s3)nc12. The Morgan fingerprint density at radius 1 is 0.923 bits per heavy atom. The van der Waals surface area contributed by atoms with Crippen LogP contribution < -0.4 is 5.32 Å². The highest BCUT2D eigenvalue weighted by molar-refractivity contribution is 7.23. The Bertz CT molecular complexity index is 1090. The van der Waals surface area contributed by atoms with Crippen molar-refractivity contribution in [3.05, 3.63) is 53.8 Å². The number of halogens is 4. The predicted octanol–water partition coefficient (Wildman–Crippen LogP) is 5.72. The van der Waals surface area contributed by atoms with Crippen LogP contribution in [0.5, 0.6) is 0 Å². The van der Waals surface area contributed by atoms with Crippen LogP contribution in [0.4, 0.5) is 27.8 Å². The zero-order valence-electron chi connectivity index (χ0n) is 12.7. The maximum Gasteiger partial charge on any atom is 0.416 e. The summed E-state index contributed by atoms with van der Waals surface area (Å²) in [4.78, 5) is 4.16. The molecular weight excluding hydrogens is 388 g/mol. The third-order valence-corrected chi connectivity index (χ3v) is 5.27. The monoisotopic (exact) mass is 396 g/mol. The molecule has 0 bridgehead atoms. The number of nitrogens with one attached hydrogen (secondary N) is 1. The molecule has 2 heterocycles. The van der Waals surface area contributed by atoms with Crippen LogP contribution in [0, 0.1) is 5.82 Å². The second kappa shape index (κ2) is 6.29. The lowest BCUT2D eigenvalue weighted by atomic mass is 10.1. The Labute approximate surface area is 152 Å². The van der Waals surface area contributed by atoms with E-state index in [2.05, 4.69) is 20.5 Å². The first-order valence-corrected chi connectivity index (χ1v) is 8.87. The molecule has 0 amide bonds. The van der Waals surface area contributed by atoms with Crippen molar-refractivity contribution >= 4 is 43.2 Å². The molecule has 0 aliphatic heterocycles. The van der Waals surface area contributed by atoms with Gasteiger partial charge in [0, 0.05) is 5.56 Å². The molecule has 132 valence electrons. The van der Waals surface area contributed by atoms with Crippen molar-refractivity contribution in [2.45, 2.75) is 6.18 Å². The number of thiazole rings is 1. The second-order valence-corrected chi connectivity index (χ2v) is 7.23. The number of rotatable bonds is 3. The molecule has 4 rings (SSSR count). The Morgan fingerprint density at radius 2 is 1.73 bits per heavy atom. The summed E-state index contributed by atoms with van der Waals surface area (Å²) in [6.45, 7) is 0. The molecule has 0 fully saturated rings. The van der Waals surface area contributed by atoms with Crippen LogP contribution >= 0.6 is 22.7 Å². The van der Waals surface area contributed by atoms with Crippen LogP contribution in [-0.2, 0) is 6.18 Å². The first-order valence-electron chi connectivity index (χ1n) is 7.23. The van der Waals surface area contributed by atoms with Crippen molar-refractivity contribution in [3.63, 3.8) is 0 Å². The predicted molar refractivity (Wildman–Crippen MR) is 93.2 cm³/mol. The molecule has 0 unspecified atom stereocenters. The van der Waals surface area contributed by atoms with E-state index in [1.54, 1.807) is 12.1 Å². The lowest BCUT2D eigenvalue weighted by Gasteiger charge is -2.06. The van der Waals surface area contributed by atoms with Crippen molar-refractivity contribution < 1.29 is 17.6 Å². The van der Waals surface area contributed by atoms with Crippen molar-refractivity contribution in [3.8, 4) is 10.6 Å². The number of para-hydroxylation sites is 1. The Kier molecular flexibility index (Phi) is 4.08. The van der Waals surface area contributed by atoms with Gasteiger partial charge in [0.05, 0.1) is 10.3 Å². The molecule has 0 atom stereocenters. The van der Waals surface area contributed by atoms with Gasteiger partial charge >= 0.3 is 6.18 Å². The number of fused-ring (bicyclic) bond motifs is 1. The molecule has 4 nitrogen and oxygen atoms in total. The third kappa shape index (κ3) is 3.25. The zero-order chi connectivity index (χ0) is 18.3. The molecule has 0 radical (unpaired) electrons. The first kappa shape index (κ1) is 16.9. The van der Waals surface area contributed by atoms with Crippen LogP contribution in [0.3, 0.4) is 0 Å². The average molecular weight is 396 g/mol. The third-order valence-electron chi connectivity index (χ3n) is 3.45. The minimum Gasteiger partial charge on any atom is -0.306 e. The summed E-state index contributed by atoms with van der Waals surface area (Å²) in [6.07, 6.45) is -4.42. The number of aromatic nitrogens is 3. The molecule has 2 aromatic carbocycles. The Balaban J connectivity index is 1.61. The molecule has 4 aromatic rings. The minimum absolute atomic E-state index is 0.252. The number of alkyl halides is 3. The molecule has 10 heteroatoms. The van der Waals surface area contributed by atoms with Gasteiger partial charge in [0.25, 0.3) is 0 Å². The quantitative estimate of drug-likeness (QED) is 0.450. The number of benzene rings is 2. The summed E-state index contributed by atoms with van der Waals surface area (Å²) >= 11 is 2.33. The summed E-state index contributed by atoms with van der Waals surface area (Å²) in [5.74, 6) is -0.422. The normalized spacial score (nSPS) is 11.8. The highest BCUT2D eigenvalue weighted by Crippen LogP contribution is 2.35. The van der Waals surface area contributed by atoms with E-state index in [4.69, 9.17) is 0 Å². The maximum absolute atomic E-state index is 13.7. The number of hydrogen-bond donors (Lipinski definition) is 1. The van der Waals surface area contributed by atoms with Gasteiger partial charge < -0.3 is 5.32 Å². The van der Waals surface area contributed by atoms with E-state index in [1.165, 1.54) is 29.5 Å². The summed E-state index contributed by atoms with van der Waals surface area (Å²) in [7, 11) is 0. The van der Waals surface area contributed by atoms with Crippen LogP contribution in [0.25, 0.3) is 20.8 Å². The number of hydrogen-bond acceptors (Lipinski definition) is 6. The molecule has 1 N–H and O–H groups in total. The standard InChI is InChI=1S/C16H8F4N4S2/c17-10-5-2-6-11-12(10)21-14(25-11)22-15-24-23-13(26-15)8-3-1-4-9(7-8)16(18,19)20/h1-7H,(H,21,22,24). The van der Waals surface area contributed by atoms with Crippen LogP contribution in [0.1, 0.15) is 5.56 Å². The molecule has 26 heavy (non-hydrogen) atoms. The largest absolute Gasteiger partial charge is 0.416 e. The van der Waals surface area contributed by atoms with Crippen molar-refractivity contribution in [2.75, 3.05) is 5.32 Å². The van der Waals surface area contributed by atoms with Gasteiger partial charge in [-0.2, -0.15) is 13.2 Å². The maximum atomic E-state index is 13.7. The van der Waals surface area contributed by atoms with Gasteiger partial charge in [-0.3, -0.25) is 0 Å². The van der Waals surface area contributed by atoms with Gasteiger partial charge in [-0.25, -0.2) is 9.37 Å². The summed E-state index contributed by atoms with van der Waals surface area (Å²) in [5, 5.41) is 11.9.